The molecule has 4 heteroatoms. The SMILES string of the molecule is O=C(c1ccccc1)N1CCCc2cc(C3CC3NCC3CCNCC3)ccc21. The van der Waals surface area contributed by atoms with Crippen LogP contribution in [0, 0.1) is 5.92 Å². The molecule has 5 rings (SSSR count). The van der Waals surface area contributed by atoms with Crippen LogP contribution in [0.2, 0.25) is 0 Å². The first-order chi connectivity index (χ1) is 14.3. The van der Waals surface area contributed by atoms with E-state index < -0.39 is 0 Å². The molecule has 2 unspecified atom stereocenters. The molecule has 3 aliphatic rings. The van der Waals surface area contributed by atoms with Crippen LogP contribution in [-0.4, -0.2) is 38.1 Å². The lowest BCUT2D eigenvalue weighted by atomic mass is 9.96. The summed E-state index contributed by atoms with van der Waals surface area (Å²) in [5.74, 6) is 1.59. The first-order valence-corrected chi connectivity index (χ1v) is 11.2. The standard InChI is InChI=1S/C25H31N3O/c29-25(19-5-2-1-3-6-19)28-14-4-7-21-15-20(8-9-24(21)28)22-16-23(22)27-17-18-10-12-26-13-11-18/h1-3,5-6,8-9,15,18,22-23,26-27H,4,7,10-14,16-17H2. The van der Waals surface area contributed by atoms with Gasteiger partial charge in [0.2, 0.25) is 0 Å². The first-order valence-electron chi connectivity index (χ1n) is 11.2. The number of amides is 1. The van der Waals surface area contributed by atoms with Gasteiger partial charge in [0.25, 0.3) is 5.91 Å². The van der Waals surface area contributed by atoms with Gasteiger partial charge in [-0.15, -0.1) is 0 Å². The van der Waals surface area contributed by atoms with Gasteiger partial charge in [-0.05, 0) is 87.0 Å². The van der Waals surface area contributed by atoms with Gasteiger partial charge < -0.3 is 15.5 Å². The zero-order valence-corrected chi connectivity index (χ0v) is 17.1. The molecule has 1 saturated heterocycles. The van der Waals surface area contributed by atoms with E-state index in [4.69, 9.17) is 0 Å². The molecule has 1 amide bonds. The summed E-state index contributed by atoms with van der Waals surface area (Å²) in [4.78, 5) is 15.0. The molecule has 4 nitrogen and oxygen atoms in total. The minimum atomic E-state index is 0.118. The van der Waals surface area contributed by atoms with E-state index in [9.17, 15) is 4.79 Å². The molecule has 0 bridgehead atoms. The van der Waals surface area contributed by atoms with Gasteiger partial charge >= 0.3 is 0 Å². The Morgan fingerprint density at radius 3 is 2.76 bits per heavy atom. The van der Waals surface area contributed by atoms with Crippen LogP contribution < -0.4 is 15.5 Å². The molecule has 2 aliphatic heterocycles. The number of aryl methyl sites for hydroxylation is 1. The van der Waals surface area contributed by atoms with E-state index in [0.717, 1.165) is 43.1 Å². The third kappa shape index (κ3) is 4.10. The molecule has 1 saturated carbocycles. The topological polar surface area (TPSA) is 44.4 Å². The van der Waals surface area contributed by atoms with E-state index in [1.807, 2.05) is 35.2 Å². The Kier molecular flexibility index (Phi) is 5.38. The van der Waals surface area contributed by atoms with Crippen molar-refractivity contribution in [2.24, 2.45) is 5.92 Å². The Labute approximate surface area is 173 Å². The average molecular weight is 390 g/mol. The van der Waals surface area contributed by atoms with Gasteiger partial charge in [-0.25, -0.2) is 0 Å². The molecule has 0 radical (unpaired) electrons. The predicted octanol–water partition coefficient (Wildman–Crippen LogP) is 3.72. The number of hydrogen-bond acceptors (Lipinski definition) is 3. The van der Waals surface area contributed by atoms with E-state index in [1.165, 1.54) is 43.5 Å². The molecule has 2 aromatic carbocycles. The second kappa shape index (κ2) is 8.29. The van der Waals surface area contributed by atoms with Crippen molar-refractivity contribution in [1.29, 1.82) is 0 Å². The lowest BCUT2D eigenvalue weighted by molar-refractivity contribution is 0.0985. The number of rotatable bonds is 5. The molecular formula is C25H31N3O. The summed E-state index contributed by atoms with van der Waals surface area (Å²) in [6, 6.07) is 17.1. The minimum absolute atomic E-state index is 0.118. The van der Waals surface area contributed by atoms with Crippen LogP contribution in [-0.2, 0) is 6.42 Å². The predicted molar refractivity (Wildman–Crippen MR) is 118 cm³/mol. The number of nitrogens with one attached hydrogen (secondary N) is 2. The number of piperidine rings is 1. The van der Waals surface area contributed by atoms with Gasteiger partial charge in [0.15, 0.2) is 0 Å². The van der Waals surface area contributed by atoms with Gasteiger partial charge in [-0.3, -0.25) is 4.79 Å². The minimum Gasteiger partial charge on any atom is -0.317 e. The lowest BCUT2D eigenvalue weighted by Gasteiger charge is -2.30. The van der Waals surface area contributed by atoms with Crippen molar-refractivity contribution < 1.29 is 4.79 Å². The van der Waals surface area contributed by atoms with E-state index in [2.05, 4.69) is 28.8 Å². The van der Waals surface area contributed by atoms with Crippen LogP contribution in [0.15, 0.2) is 48.5 Å². The zero-order valence-electron chi connectivity index (χ0n) is 17.1. The normalized spacial score (nSPS) is 24.2. The van der Waals surface area contributed by atoms with Gasteiger partial charge in [0.05, 0.1) is 0 Å². The Morgan fingerprint density at radius 2 is 1.93 bits per heavy atom. The van der Waals surface area contributed by atoms with Gasteiger partial charge in [0.1, 0.15) is 0 Å². The number of benzene rings is 2. The van der Waals surface area contributed by atoms with Crippen molar-refractivity contribution in [3.63, 3.8) is 0 Å². The van der Waals surface area contributed by atoms with Crippen molar-refractivity contribution in [2.75, 3.05) is 31.1 Å². The van der Waals surface area contributed by atoms with Crippen molar-refractivity contribution in [2.45, 2.75) is 44.1 Å². The summed E-state index contributed by atoms with van der Waals surface area (Å²) >= 11 is 0. The van der Waals surface area contributed by atoms with Crippen LogP contribution in [0.3, 0.4) is 0 Å². The summed E-state index contributed by atoms with van der Waals surface area (Å²) in [6.07, 6.45) is 5.96. The highest BCUT2D eigenvalue weighted by Crippen LogP contribution is 2.43. The van der Waals surface area contributed by atoms with Crippen LogP contribution in [0.25, 0.3) is 0 Å². The molecule has 152 valence electrons. The zero-order chi connectivity index (χ0) is 19.6. The lowest BCUT2D eigenvalue weighted by Crippen LogP contribution is -2.35. The van der Waals surface area contributed by atoms with Crippen molar-refractivity contribution in [1.82, 2.24) is 10.6 Å². The van der Waals surface area contributed by atoms with Crippen molar-refractivity contribution in [3.05, 3.63) is 65.2 Å². The summed E-state index contributed by atoms with van der Waals surface area (Å²) < 4.78 is 0. The second-order valence-electron chi connectivity index (χ2n) is 8.86. The van der Waals surface area contributed by atoms with Gasteiger partial charge in [0, 0.05) is 29.8 Å². The van der Waals surface area contributed by atoms with Crippen molar-refractivity contribution in [3.8, 4) is 0 Å². The fourth-order valence-corrected chi connectivity index (χ4v) is 4.99. The number of hydrogen-bond donors (Lipinski definition) is 2. The van der Waals surface area contributed by atoms with Gasteiger partial charge in [-0.2, -0.15) is 0 Å². The Hall–Kier alpha value is -2.17. The molecule has 2 atom stereocenters. The highest BCUT2D eigenvalue weighted by Gasteiger charge is 2.39. The number of carbonyl (C=O) groups excluding carboxylic acids is 1. The van der Waals surface area contributed by atoms with E-state index >= 15 is 0 Å². The van der Waals surface area contributed by atoms with E-state index in [1.54, 1.807) is 0 Å². The van der Waals surface area contributed by atoms with Crippen LogP contribution in [0.5, 0.6) is 0 Å². The number of anilines is 1. The van der Waals surface area contributed by atoms with Crippen LogP contribution in [0.4, 0.5) is 5.69 Å². The van der Waals surface area contributed by atoms with E-state index in [-0.39, 0.29) is 5.91 Å². The molecule has 2 fully saturated rings. The Balaban J connectivity index is 1.25. The molecule has 2 aromatic rings. The third-order valence-electron chi connectivity index (χ3n) is 6.83. The van der Waals surface area contributed by atoms with Crippen LogP contribution in [0.1, 0.15) is 53.1 Å². The highest BCUT2D eigenvalue weighted by atomic mass is 16.2. The van der Waals surface area contributed by atoms with Crippen LogP contribution >= 0.6 is 0 Å². The molecule has 29 heavy (non-hydrogen) atoms. The maximum Gasteiger partial charge on any atom is 0.258 e. The molecule has 2 heterocycles. The number of carbonyl (C=O) groups is 1. The highest BCUT2D eigenvalue weighted by molar-refractivity contribution is 6.06. The van der Waals surface area contributed by atoms with E-state index in [0.29, 0.717) is 12.0 Å². The second-order valence-corrected chi connectivity index (χ2v) is 8.86. The molecule has 2 N–H and O–H groups in total. The Bertz CT molecular complexity index is 860. The summed E-state index contributed by atoms with van der Waals surface area (Å²) in [5.41, 5.74) is 4.66. The fourth-order valence-electron chi connectivity index (χ4n) is 4.99. The summed E-state index contributed by atoms with van der Waals surface area (Å²) in [5, 5.41) is 7.26. The fraction of sp³-hybridized carbons (Fsp3) is 0.480. The summed E-state index contributed by atoms with van der Waals surface area (Å²) in [7, 11) is 0. The maximum atomic E-state index is 13.0. The molecule has 0 spiro atoms. The smallest absolute Gasteiger partial charge is 0.258 e. The number of nitrogens with zero attached hydrogens (tertiary/aromatic N) is 1. The summed E-state index contributed by atoms with van der Waals surface area (Å²) in [6.45, 7) is 4.31. The Morgan fingerprint density at radius 1 is 1.10 bits per heavy atom. The largest absolute Gasteiger partial charge is 0.317 e. The van der Waals surface area contributed by atoms with Gasteiger partial charge in [-0.1, -0.05) is 30.3 Å². The molecular weight excluding hydrogens is 358 g/mol. The molecule has 0 aromatic heterocycles. The third-order valence-corrected chi connectivity index (χ3v) is 6.83. The maximum absolute atomic E-state index is 13.0. The van der Waals surface area contributed by atoms with Crippen molar-refractivity contribution >= 4 is 11.6 Å². The molecule has 1 aliphatic carbocycles. The number of fused-ring (bicyclic) bond motifs is 1. The monoisotopic (exact) mass is 389 g/mol. The first kappa shape index (κ1) is 18.8. The average Bonchev–Trinajstić information content (AvgIpc) is 3.57. The quantitative estimate of drug-likeness (QED) is 0.819.